The molecule has 2 heterocycles. The van der Waals surface area contributed by atoms with Gasteiger partial charge in [-0.05, 0) is 45.7 Å². The molecule has 100 valence electrons. The van der Waals surface area contributed by atoms with Gasteiger partial charge in [0.2, 0.25) is 5.95 Å². The molecular weight excluding hydrogens is 224 g/mol. The Morgan fingerprint density at radius 2 is 2.06 bits per heavy atom. The molecule has 0 bridgehead atoms. The number of aromatic nitrogens is 2. The lowest BCUT2D eigenvalue weighted by atomic mass is 10.1. The van der Waals surface area contributed by atoms with Crippen LogP contribution in [0.5, 0.6) is 0 Å². The van der Waals surface area contributed by atoms with E-state index in [-0.39, 0.29) is 0 Å². The molecule has 4 heteroatoms. The minimum atomic E-state index is 0.712. The Kier molecular flexibility index (Phi) is 3.55. The summed E-state index contributed by atoms with van der Waals surface area (Å²) in [5.74, 6) is 1.08. The highest BCUT2D eigenvalue weighted by Crippen LogP contribution is 2.37. The van der Waals surface area contributed by atoms with Gasteiger partial charge in [-0.3, -0.25) is 0 Å². The van der Waals surface area contributed by atoms with Crippen molar-refractivity contribution >= 4 is 5.95 Å². The molecule has 0 atom stereocenters. The second-order valence-electron chi connectivity index (χ2n) is 5.67. The number of nitrogens with one attached hydrogen (secondary N) is 1. The molecule has 1 aromatic rings. The van der Waals surface area contributed by atoms with Crippen molar-refractivity contribution in [1.82, 2.24) is 14.5 Å². The average Bonchev–Trinajstić information content (AvgIpc) is 3.15. The van der Waals surface area contributed by atoms with Gasteiger partial charge in [0.05, 0.1) is 5.69 Å². The van der Waals surface area contributed by atoms with Gasteiger partial charge in [0, 0.05) is 25.3 Å². The Balaban J connectivity index is 1.50. The molecule has 1 aliphatic heterocycles. The fourth-order valence-electron chi connectivity index (χ4n) is 2.79. The first kappa shape index (κ1) is 12.0. The predicted octanol–water partition coefficient (Wildman–Crippen LogP) is 2.42. The van der Waals surface area contributed by atoms with Crippen molar-refractivity contribution in [2.45, 2.75) is 45.1 Å². The van der Waals surface area contributed by atoms with Crippen LogP contribution in [0.3, 0.4) is 0 Å². The summed E-state index contributed by atoms with van der Waals surface area (Å²) in [5.41, 5.74) is 1.13. The van der Waals surface area contributed by atoms with Crippen molar-refractivity contribution in [3.05, 3.63) is 11.9 Å². The third kappa shape index (κ3) is 2.86. The Morgan fingerprint density at radius 3 is 2.78 bits per heavy atom. The van der Waals surface area contributed by atoms with Crippen molar-refractivity contribution in [1.29, 1.82) is 0 Å². The normalized spacial score (nSPS) is 21.2. The summed E-state index contributed by atoms with van der Waals surface area (Å²) >= 11 is 0. The maximum absolute atomic E-state index is 4.59. The van der Waals surface area contributed by atoms with Crippen molar-refractivity contribution in [2.75, 3.05) is 31.5 Å². The average molecular weight is 248 g/mol. The molecule has 1 aromatic heterocycles. The van der Waals surface area contributed by atoms with E-state index in [1.807, 2.05) is 0 Å². The number of hydrogen-bond acceptors (Lipinski definition) is 3. The number of rotatable bonds is 5. The molecule has 0 aromatic carbocycles. The maximum Gasteiger partial charge on any atom is 0.203 e. The van der Waals surface area contributed by atoms with Crippen LogP contribution in [0.1, 0.15) is 43.8 Å². The van der Waals surface area contributed by atoms with Crippen LogP contribution in [0.25, 0.3) is 0 Å². The smallest absolute Gasteiger partial charge is 0.203 e. The molecule has 0 unspecified atom stereocenters. The second-order valence-corrected chi connectivity index (χ2v) is 5.67. The van der Waals surface area contributed by atoms with E-state index in [0.717, 1.165) is 24.7 Å². The van der Waals surface area contributed by atoms with Gasteiger partial charge in [-0.1, -0.05) is 6.42 Å². The van der Waals surface area contributed by atoms with Gasteiger partial charge in [0.15, 0.2) is 0 Å². The summed E-state index contributed by atoms with van der Waals surface area (Å²) in [6.07, 6.45) is 8.97. The lowest BCUT2D eigenvalue weighted by Gasteiger charge is -2.26. The van der Waals surface area contributed by atoms with Gasteiger partial charge < -0.3 is 14.8 Å². The first-order chi connectivity index (χ1) is 8.83. The van der Waals surface area contributed by atoms with Gasteiger partial charge in [0.25, 0.3) is 0 Å². The third-order valence-corrected chi connectivity index (χ3v) is 3.95. The molecule has 0 amide bonds. The molecule has 1 saturated carbocycles. The van der Waals surface area contributed by atoms with Gasteiger partial charge in [-0.2, -0.15) is 0 Å². The summed E-state index contributed by atoms with van der Waals surface area (Å²) in [6, 6.07) is 0.712. The number of anilines is 1. The first-order valence-corrected chi connectivity index (χ1v) is 7.34. The minimum absolute atomic E-state index is 0.712. The van der Waals surface area contributed by atoms with Gasteiger partial charge in [0.1, 0.15) is 0 Å². The summed E-state index contributed by atoms with van der Waals surface area (Å²) in [6.45, 7) is 6.80. The Morgan fingerprint density at radius 1 is 1.28 bits per heavy atom. The topological polar surface area (TPSA) is 33.1 Å². The van der Waals surface area contributed by atoms with Crippen LogP contribution in [0.2, 0.25) is 0 Å². The predicted molar refractivity (Wildman–Crippen MR) is 74.0 cm³/mol. The number of likely N-dealkylation sites (tertiary alicyclic amines) is 1. The lowest BCUT2D eigenvalue weighted by molar-refractivity contribution is 0.237. The van der Waals surface area contributed by atoms with E-state index >= 15 is 0 Å². The SMILES string of the molecule is Cc1cn(C2CC2)c(NCCN2CCCCC2)n1. The molecule has 2 aliphatic rings. The van der Waals surface area contributed by atoms with Crippen molar-refractivity contribution in [3.63, 3.8) is 0 Å². The fraction of sp³-hybridized carbons (Fsp3) is 0.786. The Bertz CT molecular complexity index is 388. The van der Waals surface area contributed by atoms with Crippen LogP contribution < -0.4 is 5.32 Å². The van der Waals surface area contributed by atoms with Gasteiger partial charge in [-0.15, -0.1) is 0 Å². The zero-order valence-electron chi connectivity index (χ0n) is 11.4. The zero-order chi connectivity index (χ0) is 12.4. The number of nitrogens with zero attached hydrogens (tertiary/aromatic N) is 3. The van der Waals surface area contributed by atoms with Crippen molar-refractivity contribution in [2.24, 2.45) is 0 Å². The number of imidazole rings is 1. The number of hydrogen-bond donors (Lipinski definition) is 1. The molecule has 0 spiro atoms. The van der Waals surface area contributed by atoms with Crippen LogP contribution in [-0.2, 0) is 0 Å². The first-order valence-electron chi connectivity index (χ1n) is 7.34. The quantitative estimate of drug-likeness (QED) is 0.868. The highest BCUT2D eigenvalue weighted by atomic mass is 15.2. The molecule has 1 saturated heterocycles. The molecule has 18 heavy (non-hydrogen) atoms. The number of piperidine rings is 1. The molecule has 0 radical (unpaired) electrons. The van der Waals surface area contributed by atoms with Crippen molar-refractivity contribution < 1.29 is 0 Å². The van der Waals surface area contributed by atoms with E-state index in [9.17, 15) is 0 Å². The molecule has 2 fully saturated rings. The summed E-state index contributed by atoms with van der Waals surface area (Å²) in [4.78, 5) is 7.15. The number of aryl methyl sites for hydroxylation is 1. The standard InChI is InChI=1S/C14H24N4/c1-12-11-18(13-5-6-13)14(16-12)15-7-10-17-8-3-2-4-9-17/h11,13H,2-10H2,1H3,(H,15,16). The minimum Gasteiger partial charge on any atom is -0.354 e. The highest BCUT2D eigenvalue weighted by molar-refractivity contribution is 5.30. The molecule has 1 N–H and O–H groups in total. The lowest BCUT2D eigenvalue weighted by Crippen LogP contribution is -2.34. The van der Waals surface area contributed by atoms with E-state index in [0.29, 0.717) is 6.04 Å². The van der Waals surface area contributed by atoms with Crippen LogP contribution in [-0.4, -0.2) is 40.6 Å². The summed E-state index contributed by atoms with van der Waals surface area (Å²) in [7, 11) is 0. The van der Waals surface area contributed by atoms with E-state index in [1.54, 1.807) is 0 Å². The summed E-state index contributed by atoms with van der Waals surface area (Å²) in [5, 5.41) is 3.51. The Labute approximate surface area is 109 Å². The van der Waals surface area contributed by atoms with E-state index in [1.165, 1.54) is 45.2 Å². The van der Waals surface area contributed by atoms with Crippen LogP contribution in [0.4, 0.5) is 5.95 Å². The van der Waals surface area contributed by atoms with E-state index in [2.05, 4.69) is 32.9 Å². The maximum atomic E-state index is 4.59. The van der Waals surface area contributed by atoms with Gasteiger partial charge >= 0.3 is 0 Å². The Hall–Kier alpha value is -1.03. The van der Waals surface area contributed by atoms with E-state index < -0.39 is 0 Å². The largest absolute Gasteiger partial charge is 0.354 e. The highest BCUT2D eigenvalue weighted by Gasteiger charge is 2.26. The van der Waals surface area contributed by atoms with Crippen LogP contribution in [0, 0.1) is 6.92 Å². The van der Waals surface area contributed by atoms with Crippen LogP contribution >= 0.6 is 0 Å². The van der Waals surface area contributed by atoms with Crippen molar-refractivity contribution in [3.8, 4) is 0 Å². The molecular formula is C14H24N4. The summed E-state index contributed by atoms with van der Waals surface area (Å²) < 4.78 is 2.32. The fourth-order valence-corrected chi connectivity index (χ4v) is 2.79. The second kappa shape index (κ2) is 5.31. The van der Waals surface area contributed by atoms with E-state index in [4.69, 9.17) is 0 Å². The van der Waals surface area contributed by atoms with Crippen LogP contribution in [0.15, 0.2) is 6.20 Å². The van der Waals surface area contributed by atoms with Gasteiger partial charge in [-0.25, -0.2) is 4.98 Å². The molecule has 4 nitrogen and oxygen atoms in total. The monoisotopic (exact) mass is 248 g/mol. The zero-order valence-corrected chi connectivity index (χ0v) is 11.4. The molecule has 1 aliphatic carbocycles. The third-order valence-electron chi connectivity index (χ3n) is 3.95. The molecule has 3 rings (SSSR count).